The second-order valence-corrected chi connectivity index (χ2v) is 8.92. The molecule has 1 aliphatic rings. The first-order valence-corrected chi connectivity index (χ1v) is 10.9. The number of aromatic nitrogens is 2. The number of hydrogen-bond donors (Lipinski definition) is 1. The van der Waals surface area contributed by atoms with Crippen molar-refractivity contribution in [2.24, 2.45) is 0 Å². The molecule has 0 atom stereocenters. The molecule has 0 spiro atoms. The van der Waals surface area contributed by atoms with Crippen molar-refractivity contribution in [1.82, 2.24) is 14.9 Å². The Balaban J connectivity index is 1.75. The Kier molecular flexibility index (Phi) is 6.75. The van der Waals surface area contributed by atoms with Gasteiger partial charge in [0, 0.05) is 29.9 Å². The van der Waals surface area contributed by atoms with E-state index in [9.17, 15) is 4.79 Å². The Morgan fingerprint density at radius 2 is 1.97 bits per heavy atom. The average molecular weight is 411 g/mol. The topological polar surface area (TPSA) is 50.2 Å². The van der Waals surface area contributed by atoms with Gasteiger partial charge in [-0.25, -0.2) is 4.98 Å². The number of piperidine rings is 1. The van der Waals surface area contributed by atoms with Crippen molar-refractivity contribution in [1.29, 1.82) is 0 Å². The zero-order valence-electron chi connectivity index (χ0n) is 17.6. The molecule has 0 saturated carbocycles. The first kappa shape index (κ1) is 21.1. The lowest BCUT2D eigenvalue weighted by Gasteiger charge is -2.25. The van der Waals surface area contributed by atoms with Crippen molar-refractivity contribution in [2.45, 2.75) is 46.6 Å². The normalized spacial score (nSPS) is 14.4. The van der Waals surface area contributed by atoms with Crippen LogP contribution in [0.5, 0.6) is 0 Å². The van der Waals surface area contributed by atoms with E-state index in [-0.39, 0.29) is 5.91 Å². The molecule has 3 heterocycles. The van der Waals surface area contributed by atoms with E-state index >= 15 is 0 Å². The summed E-state index contributed by atoms with van der Waals surface area (Å²) in [6, 6.07) is 1.90. The van der Waals surface area contributed by atoms with Gasteiger partial charge < -0.3 is 14.8 Å². The maximum absolute atomic E-state index is 12.8. The van der Waals surface area contributed by atoms with Crippen molar-refractivity contribution in [2.75, 3.05) is 18.0 Å². The molecule has 1 fully saturated rings. The van der Waals surface area contributed by atoms with Gasteiger partial charge in [0.1, 0.15) is 5.69 Å². The smallest absolute Gasteiger partial charge is 0.272 e. The predicted octanol–water partition coefficient (Wildman–Crippen LogP) is 4.98. The van der Waals surface area contributed by atoms with Gasteiger partial charge in [0.25, 0.3) is 5.91 Å². The number of allylic oxidation sites excluding steroid dienone is 3. The van der Waals surface area contributed by atoms with Crippen molar-refractivity contribution in [3.8, 4) is 0 Å². The van der Waals surface area contributed by atoms with Gasteiger partial charge in [-0.05, 0) is 57.7 Å². The zero-order valence-corrected chi connectivity index (χ0v) is 18.4. The third-order valence-corrected chi connectivity index (χ3v) is 6.01. The zero-order chi connectivity index (χ0) is 21.0. The molecule has 1 aliphatic heterocycles. The summed E-state index contributed by atoms with van der Waals surface area (Å²) in [5, 5.41) is 3.96. The number of hydrogen-bond acceptors (Lipinski definition) is 4. The third kappa shape index (κ3) is 5.48. The van der Waals surface area contributed by atoms with E-state index in [2.05, 4.69) is 30.3 Å². The molecule has 0 aromatic carbocycles. The van der Waals surface area contributed by atoms with E-state index in [1.807, 2.05) is 36.8 Å². The minimum absolute atomic E-state index is 0.168. The predicted molar refractivity (Wildman–Crippen MR) is 122 cm³/mol. The Morgan fingerprint density at radius 1 is 1.24 bits per heavy atom. The second kappa shape index (κ2) is 9.27. The summed E-state index contributed by atoms with van der Waals surface area (Å²) in [5.74, 6) is -0.168. The van der Waals surface area contributed by atoms with Crippen LogP contribution in [-0.4, -0.2) is 28.5 Å². The number of rotatable bonds is 7. The lowest BCUT2D eigenvalue weighted by molar-refractivity contribution is 0.0958. The van der Waals surface area contributed by atoms with Crippen LogP contribution >= 0.6 is 11.3 Å². The van der Waals surface area contributed by atoms with Crippen LogP contribution in [0.1, 0.15) is 52.8 Å². The SMILES string of the molecule is C=C(C)/C=C\C(=C)NC(=O)c1cc(C)cn1Cc1nc(N2CCCCC2)sc1C. The first-order chi connectivity index (χ1) is 13.8. The van der Waals surface area contributed by atoms with Crippen LogP contribution in [0.3, 0.4) is 0 Å². The highest BCUT2D eigenvalue weighted by Gasteiger charge is 2.19. The van der Waals surface area contributed by atoms with E-state index in [4.69, 9.17) is 4.98 Å². The molecule has 0 aliphatic carbocycles. The molecular weight excluding hydrogens is 380 g/mol. The quantitative estimate of drug-likeness (QED) is 0.655. The molecule has 1 saturated heterocycles. The minimum atomic E-state index is -0.168. The Bertz CT molecular complexity index is 944. The molecule has 154 valence electrons. The Morgan fingerprint density at radius 3 is 2.66 bits per heavy atom. The fraction of sp³-hybridized carbons (Fsp3) is 0.391. The molecule has 5 nitrogen and oxygen atoms in total. The van der Waals surface area contributed by atoms with Gasteiger partial charge in [-0.1, -0.05) is 24.8 Å². The fourth-order valence-corrected chi connectivity index (χ4v) is 4.38. The summed E-state index contributed by atoms with van der Waals surface area (Å²) < 4.78 is 1.97. The van der Waals surface area contributed by atoms with E-state index in [0.717, 1.165) is 35.1 Å². The Hall–Kier alpha value is -2.60. The number of thiazole rings is 1. The molecule has 1 N–H and O–H groups in total. The highest BCUT2D eigenvalue weighted by Crippen LogP contribution is 2.29. The van der Waals surface area contributed by atoms with Crippen molar-refractivity contribution < 1.29 is 4.79 Å². The van der Waals surface area contributed by atoms with Crippen LogP contribution in [0.15, 0.2) is 48.8 Å². The molecule has 0 bridgehead atoms. The molecule has 0 radical (unpaired) electrons. The van der Waals surface area contributed by atoms with Gasteiger partial charge in [0.05, 0.1) is 12.2 Å². The van der Waals surface area contributed by atoms with Crippen molar-refractivity contribution >= 4 is 22.4 Å². The molecule has 29 heavy (non-hydrogen) atoms. The number of carbonyl (C=O) groups excluding carboxylic acids is 1. The molecule has 3 rings (SSSR count). The van der Waals surface area contributed by atoms with Gasteiger partial charge in [-0.2, -0.15) is 0 Å². The highest BCUT2D eigenvalue weighted by molar-refractivity contribution is 7.15. The third-order valence-electron chi connectivity index (χ3n) is 4.94. The largest absolute Gasteiger partial charge is 0.348 e. The number of carbonyl (C=O) groups is 1. The van der Waals surface area contributed by atoms with Gasteiger partial charge in [0.15, 0.2) is 5.13 Å². The van der Waals surface area contributed by atoms with Gasteiger partial charge in [-0.3, -0.25) is 4.79 Å². The van der Waals surface area contributed by atoms with Gasteiger partial charge >= 0.3 is 0 Å². The summed E-state index contributed by atoms with van der Waals surface area (Å²) in [5.41, 5.74) is 4.13. The summed E-state index contributed by atoms with van der Waals surface area (Å²) in [6.07, 6.45) is 9.36. The van der Waals surface area contributed by atoms with E-state index < -0.39 is 0 Å². The molecule has 1 amide bonds. The summed E-state index contributed by atoms with van der Waals surface area (Å²) in [6.45, 7) is 16.5. The van der Waals surface area contributed by atoms with E-state index in [1.165, 1.54) is 24.1 Å². The standard InChI is InChI=1S/C23H30N4OS/c1-16(2)9-10-18(4)24-22(28)21-13-17(3)14-27(21)15-20-19(5)29-23(25-20)26-11-7-6-8-12-26/h9-10,13-14H,1,4,6-8,11-12,15H2,2-3,5H3,(H,24,28)/b10-9-. The highest BCUT2D eigenvalue weighted by atomic mass is 32.1. The maximum atomic E-state index is 12.8. The number of anilines is 1. The number of nitrogens with zero attached hydrogens (tertiary/aromatic N) is 3. The fourth-order valence-electron chi connectivity index (χ4n) is 3.41. The molecular formula is C23H30N4OS. The molecule has 2 aromatic rings. The molecule has 0 unspecified atom stereocenters. The van der Waals surface area contributed by atoms with Gasteiger partial charge in [0.2, 0.25) is 0 Å². The second-order valence-electron chi connectivity index (χ2n) is 7.74. The van der Waals surface area contributed by atoms with Crippen molar-refractivity contribution in [3.05, 3.63) is 70.7 Å². The summed E-state index contributed by atoms with van der Waals surface area (Å²) >= 11 is 1.75. The van der Waals surface area contributed by atoms with Crippen LogP contribution in [0.25, 0.3) is 0 Å². The first-order valence-electron chi connectivity index (χ1n) is 10.1. The summed E-state index contributed by atoms with van der Waals surface area (Å²) in [4.78, 5) is 21.3. The lowest BCUT2D eigenvalue weighted by Crippen LogP contribution is -2.29. The maximum Gasteiger partial charge on any atom is 0.272 e. The van der Waals surface area contributed by atoms with Crippen molar-refractivity contribution in [3.63, 3.8) is 0 Å². The lowest BCUT2D eigenvalue weighted by atomic mass is 10.1. The van der Waals surface area contributed by atoms with Crippen LogP contribution in [0.4, 0.5) is 5.13 Å². The number of amides is 1. The minimum Gasteiger partial charge on any atom is -0.348 e. The van der Waals surface area contributed by atoms with Crippen LogP contribution < -0.4 is 10.2 Å². The number of nitrogens with one attached hydrogen (secondary N) is 1. The average Bonchev–Trinajstić information content (AvgIpc) is 3.23. The molecule has 2 aromatic heterocycles. The Labute approximate surface area is 177 Å². The van der Waals surface area contributed by atoms with Gasteiger partial charge in [-0.15, -0.1) is 11.3 Å². The van der Waals surface area contributed by atoms with Crippen LogP contribution in [0, 0.1) is 13.8 Å². The van der Waals surface area contributed by atoms with Crippen LogP contribution in [0.2, 0.25) is 0 Å². The monoisotopic (exact) mass is 410 g/mol. The molecule has 6 heteroatoms. The van der Waals surface area contributed by atoms with E-state index in [1.54, 1.807) is 17.4 Å². The summed E-state index contributed by atoms with van der Waals surface area (Å²) in [7, 11) is 0. The van der Waals surface area contributed by atoms with E-state index in [0.29, 0.717) is 17.9 Å². The van der Waals surface area contributed by atoms with Crippen LogP contribution in [-0.2, 0) is 6.54 Å². The number of aryl methyl sites for hydroxylation is 2.